The van der Waals surface area contributed by atoms with E-state index < -0.39 is 30.0 Å². The summed E-state index contributed by atoms with van der Waals surface area (Å²) in [5.41, 5.74) is 5.80. The summed E-state index contributed by atoms with van der Waals surface area (Å²) in [6.45, 7) is 0. The van der Waals surface area contributed by atoms with Crippen molar-refractivity contribution in [3.05, 3.63) is 30.3 Å². The van der Waals surface area contributed by atoms with Crippen LogP contribution < -0.4 is 64.8 Å². The molecule has 6 N–H and O–H groups in total. The summed E-state index contributed by atoms with van der Waals surface area (Å²) in [4.78, 5) is -1.25. The van der Waals surface area contributed by atoms with Crippen molar-refractivity contribution in [2.24, 2.45) is 0 Å². The van der Waals surface area contributed by atoms with Crippen LogP contribution in [0.25, 0.3) is 10.8 Å². The Morgan fingerprint density at radius 1 is 0.909 bits per heavy atom. The van der Waals surface area contributed by atoms with E-state index in [1.807, 2.05) is 0 Å². The smallest absolute Gasteiger partial charge is 1.00 e. The van der Waals surface area contributed by atoms with E-state index in [0.717, 1.165) is 6.07 Å². The quantitative estimate of drug-likeness (QED) is 0.269. The van der Waals surface area contributed by atoms with Gasteiger partial charge in [-0.05, 0) is 29.7 Å². The maximum Gasteiger partial charge on any atom is 1.00 e. The van der Waals surface area contributed by atoms with Crippen LogP contribution in [0, 0.1) is 0 Å². The first-order chi connectivity index (χ1) is 8.59. The van der Waals surface area contributed by atoms with Crippen LogP contribution in [-0.4, -0.2) is 31.4 Å². The summed E-state index contributed by atoms with van der Waals surface area (Å²) in [5.74, 6) is 0. The number of hydrogen-bond donors (Lipinski definition) is 3. The molecule has 0 saturated heterocycles. The topological polar surface area (TPSA) is 166 Å². The molecule has 0 amide bonds. The molecule has 8 nitrogen and oxygen atoms in total. The molecule has 0 atom stereocenters. The van der Waals surface area contributed by atoms with Crippen LogP contribution in [0.1, 0.15) is 2.85 Å². The molecular weight excluding hydrogens is 356 g/mol. The van der Waals surface area contributed by atoms with E-state index >= 15 is 0 Å². The van der Waals surface area contributed by atoms with Gasteiger partial charge in [0, 0.05) is 11.1 Å². The normalized spacial score (nSPS) is 11.0. The summed E-state index contributed by atoms with van der Waals surface area (Å²) < 4.78 is 62.8. The molecule has 114 valence electrons. The van der Waals surface area contributed by atoms with E-state index in [1.54, 1.807) is 0 Å². The zero-order valence-electron chi connectivity index (χ0n) is 13.8. The molecule has 0 fully saturated rings. The fourth-order valence-corrected chi connectivity index (χ4v) is 3.05. The molecule has 2 rings (SSSR count). The van der Waals surface area contributed by atoms with Gasteiger partial charge in [0.05, 0.1) is 4.90 Å². The molecule has 0 saturated carbocycles. The van der Waals surface area contributed by atoms with E-state index in [2.05, 4.69) is 0 Å². The number of anilines is 1. The van der Waals surface area contributed by atoms with Crippen LogP contribution in [0.4, 0.5) is 5.69 Å². The van der Waals surface area contributed by atoms with Gasteiger partial charge in [0.2, 0.25) is 0 Å². The third-order valence-electron chi connectivity index (χ3n) is 2.49. The molecular formula is C10H13NNa2O7S2. The SMILES string of the molecule is Nc1ccc2c(S(=O)(=O)O)cc(S(=O)(=O)O)cc2c1.O.[H-].[H-].[Na+].[Na+]. The Bertz CT molecular complexity index is 891. The fourth-order valence-electron chi connectivity index (χ4n) is 1.69. The largest absolute Gasteiger partial charge is 1.00 e. The van der Waals surface area contributed by atoms with Crippen LogP contribution in [0.2, 0.25) is 0 Å². The van der Waals surface area contributed by atoms with Crippen molar-refractivity contribution in [2.75, 3.05) is 5.73 Å². The number of nitrogen functional groups attached to an aromatic ring is 1. The van der Waals surface area contributed by atoms with Gasteiger partial charge in [-0.2, -0.15) is 16.8 Å². The first kappa shape index (κ1) is 24.5. The molecule has 0 aromatic heterocycles. The molecule has 0 radical (unpaired) electrons. The van der Waals surface area contributed by atoms with Crippen molar-refractivity contribution < 1.29 is 93.4 Å². The predicted octanol–water partition coefficient (Wildman–Crippen LogP) is -5.68. The monoisotopic (exact) mass is 369 g/mol. The predicted molar refractivity (Wildman–Crippen MR) is 73.8 cm³/mol. The van der Waals surface area contributed by atoms with Crippen LogP contribution in [-0.2, 0) is 20.2 Å². The van der Waals surface area contributed by atoms with Gasteiger partial charge in [-0.1, -0.05) is 6.07 Å². The second-order valence-corrected chi connectivity index (χ2v) is 6.66. The third-order valence-corrected chi connectivity index (χ3v) is 4.21. The first-order valence-electron chi connectivity index (χ1n) is 4.87. The Balaban J connectivity index is -0.000000400. The second-order valence-electron chi connectivity index (χ2n) is 3.85. The van der Waals surface area contributed by atoms with E-state index in [9.17, 15) is 16.8 Å². The Hall–Kier alpha value is 0.280. The summed E-state index contributed by atoms with van der Waals surface area (Å²) in [6.07, 6.45) is 0. The van der Waals surface area contributed by atoms with E-state index in [4.69, 9.17) is 14.8 Å². The Morgan fingerprint density at radius 2 is 1.45 bits per heavy atom. The zero-order chi connectivity index (χ0) is 14.4. The zero-order valence-corrected chi connectivity index (χ0v) is 17.4. The van der Waals surface area contributed by atoms with Crippen LogP contribution in [0.15, 0.2) is 40.1 Å². The van der Waals surface area contributed by atoms with Crippen molar-refractivity contribution in [1.29, 1.82) is 0 Å². The fraction of sp³-hybridized carbons (Fsp3) is 0. The molecule has 0 aliphatic carbocycles. The average molecular weight is 369 g/mol. The minimum Gasteiger partial charge on any atom is -1.00 e. The van der Waals surface area contributed by atoms with Gasteiger partial charge in [0.1, 0.15) is 4.90 Å². The van der Waals surface area contributed by atoms with Gasteiger partial charge in [-0.3, -0.25) is 9.11 Å². The van der Waals surface area contributed by atoms with Crippen LogP contribution in [0.5, 0.6) is 0 Å². The van der Waals surface area contributed by atoms with Crippen molar-refractivity contribution in [1.82, 2.24) is 0 Å². The minimum absolute atomic E-state index is 0. The number of rotatable bonds is 2. The van der Waals surface area contributed by atoms with Gasteiger partial charge < -0.3 is 14.1 Å². The maximum atomic E-state index is 11.3. The standard InChI is InChI=1S/C10H9NO6S2.2Na.H2O.2H/c11-7-1-2-9-6(3-7)4-8(18(12,13)14)5-10(9)19(15,16)17;;;;;/h1-5H,11H2,(H,12,13,14)(H,15,16,17);;;1H2;;/q;2*+1;;2*-1. The van der Waals surface area contributed by atoms with Gasteiger partial charge in [-0.15, -0.1) is 0 Å². The number of hydrogen-bond acceptors (Lipinski definition) is 5. The van der Waals surface area contributed by atoms with E-state index in [-0.39, 0.29) is 83.9 Å². The number of fused-ring (bicyclic) bond motifs is 1. The summed E-state index contributed by atoms with van der Waals surface area (Å²) >= 11 is 0. The summed E-state index contributed by atoms with van der Waals surface area (Å²) in [6, 6.07) is 5.82. The van der Waals surface area contributed by atoms with Crippen molar-refractivity contribution in [2.45, 2.75) is 9.79 Å². The molecule has 0 unspecified atom stereocenters. The van der Waals surface area contributed by atoms with Gasteiger partial charge in [0.15, 0.2) is 0 Å². The molecule has 0 bridgehead atoms. The van der Waals surface area contributed by atoms with Crippen molar-refractivity contribution in [3.8, 4) is 0 Å². The molecule has 2 aromatic carbocycles. The Morgan fingerprint density at radius 3 is 1.91 bits per heavy atom. The van der Waals surface area contributed by atoms with E-state index in [1.165, 1.54) is 18.2 Å². The van der Waals surface area contributed by atoms with Gasteiger partial charge in [-0.25, -0.2) is 0 Å². The number of benzene rings is 2. The maximum absolute atomic E-state index is 11.3. The van der Waals surface area contributed by atoms with Gasteiger partial charge >= 0.3 is 59.1 Å². The number of nitrogens with two attached hydrogens (primary N) is 1. The Labute approximate surface area is 174 Å². The molecule has 0 aliphatic heterocycles. The molecule has 2 aromatic rings. The third kappa shape index (κ3) is 5.42. The molecule has 0 heterocycles. The van der Waals surface area contributed by atoms with Crippen LogP contribution in [0.3, 0.4) is 0 Å². The molecule has 22 heavy (non-hydrogen) atoms. The van der Waals surface area contributed by atoms with Crippen molar-refractivity contribution >= 4 is 36.7 Å². The average Bonchev–Trinajstić information content (AvgIpc) is 2.24. The Kier molecular flexibility index (Phi) is 9.37. The molecule has 0 spiro atoms. The summed E-state index contributed by atoms with van der Waals surface area (Å²) in [7, 11) is -9.25. The minimum atomic E-state index is -4.64. The second kappa shape index (κ2) is 8.40. The van der Waals surface area contributed by atoms with Gasteiger partial charge in [0.25, 0.3) is 20.2 Å². The summed E-state index contributed by atoms with van der Waals surface area (Å²) in [5, 5.41) is 0.270. The first-order valence-corrected chi connectivity index (χ1v) is 7.75. The van der Waals surface area contributed by atoms with E-state index in [0.29, 0.717) is 6.07 Å². The van der Waals surface area contributed by atoms with Crippen molar-refractivity contribution in [3.63, 3.8) is 0 Å². The molecule has 12 heteroatoms. The van der Waals surface area contributed by atoms with Crippen LogP contribution >= 0.6 is 0 Å². The molecule has 0 aliphatic rings.